The summed E-state index contributed by atoms with van der Waals surface area (Å²) >= 11 is 1.59. The van der Waals surface area contributed by atoms with Gasteiger partial charge in [-0.3, -0.25) is 0 Å². The molecule has 3 heteroatoms. The minimum Gasteiger partial charge on any atom is -0.489 e. The first kappa shape index (κ1) is 19.1. The van der Waals surface area contributed by atoms with Crippen LogP contribution in [0.1, 0.15) is 56.7 Å². The van der Waals surface area contributed by atoms with Gasteiger partial charge in [0, 0.05) is 28.7 Å². The van der Waals surface area contributed by atoms with E-state index in [1.165, 1.54) is 33.6 Å². The molecule has 0 radical (unpaired) electrons. The van der Waals surface area contributed by atoms with Gasteiger partial charge < -0.3 is 4.74 Å². The highest BCUT2D eigenvalue weighted by molar-refractivity contribution is 7.98. The number of allylic oxidation sites excluding steroid dienone is 4. The molecule has 2 aromatic rings. The van der Waals surface area contributed by atoms with Crippen molar-refractivity contribution >= 4 is 17.7 Å². The molecule has 144 valence electrons. The fourth-order valence-corrected chi connectivity index (χ4v) is 4.71. The van der Waals surface area contributed by atoms with E-state index in [4.69, 9.17) is 9.13 Å². The molecule has 0 fully saturated rings. The fourth-order valence-electron chi connectivity index (χ4n) is 3.74. The lowest BCUT2D eigenvalue weighted by molar-refractivity contribution is 0.305. The van der Waals surface area contributed by atoms with Gasteiger partial charge in [-0.15, -0.1) is 0 Å². The van der Waals surface area contributed by atoms with E-state index in [-0.39, 0.29) is 5.41 Å². The number of ether oxygens (including phenoxy) is 1. The van der Waals surface area contributed by atoms with E-state index in [1.54, 1.807) is 11.9 Å². The molecular weight excluding hydrogens is 362 g/mol. The zero-order valence-corrected chi connectivity index (χ0v) is 17.7. The maximum Gasteiger partial charge on any atom is 0.121 e. The molecular formula is C25H27NOS. The molecule has 2 aliphatic carbocycles. The van der Waals surface area contributed by atoms with Gasteiger partial charge in [0.15, 0.2) is 0 Å². The van der Waals surface area contributed by atoms with Crippen molar-refractivity contribution < 1.29 is 4.74 Å². The van der Waals surface area contributed by atoms with E-state index < -0.39 is 0 Å². The van der Waals surface area contributed by atoms with Crippen LogP contribution in [0.2, 0.25) is 0 Å². The molecule has 0 N–H and O–H groups in total. The Morgan fingerprint density at radius 2 is 1.96 bits per heavy atom. The van der Waals surface area contributed by atoms with Gasteiger partial charge in [0.25, 0.3) is 0 Å². The highest BCUT2D eigenvalue weighted by atomic mass is 32.2. The monoisotopic (exact) mass is 389 g/mol. The van der Waals surface area contributed by atoms with Crippen molar-refractivity contribution in [1.29, 1.82) is 0 Å². The Kier molecular flexibility index (Phi) is 5.45. The topological polar surface area (TPSA) is 21.6 Å². The molecule has 28 heavy (non-hydrogen) atoms. The standard InChI is InChI=1S/C25H27NOS/c1-4-9-18-12-8-13-20(14-18)26-28-23-16-21(15-22-24(23)25(22,2)3)27-17-19-10-6-5-7-11-19/h5-8,10-12,14-16H,4,9,13,17H2,1-3H3. The van der Waals surface area contributed by atoms with Crippen molar-refractivity contribution in [3.63, 3.8) is 0 Å². The largest absolute Gasteiger partial charge is 0.489 e. The van der Waals surface area contributed by atoms with E-state index >= 15 is 0 Å². The van der Waals surface area contributed by atoms with Gasteiger partial charge in [-0.2, -0.15) is 0 Å². The van der Waals surface area contributed by atoms with Gasteiger partial charge in [-0.25, -0.2) is 4.40 Å². The second-order valence-electron chi connectivity index (χ2n) is 7.99. The average molecular weight is 390 g/mol. The number of rotatable bonds is 7. The first-order chi connectivity index (χ1) is 13.6. The van der Waals surface area contributed by atoms with Crippen LogP contribution in [0.15, 0.2) is 75.6 Å². The van der Waals surface area contributed by atoms with Crippen LogP contribution in [-0.4, -0.2) is 5.71 Å². The minimum atomic E-state index is 0.132. The molecule has 0 aromatic heterocycles. The number of fused-ring (bicyclic) bond motifs is 1. The molecule has 2 nitrogen and oxygen atoms in total. The van der Waals surface area contributed by atoms with E-state index in [9.17, 15) is 0 Å². The summed E-state index contributed by atoms with van der Waals surface area (Å²) in [6, 6.07) is 14.7. The van der Waals surface area contributed by atoms with E-state index in [0.29, 0.717) is 6.61 Å². The lowest BCUT2D eigenvalue weighted by atomic mass is 10.0. The van der Waals surface area contributed by atoms with Gasteiger partial charge in [0.1, 0.15) is 12.4 Å². The van der Waals surface area contributed by atoms with E-state index in [1.807, 2.05) is 18.2 Å². The Labute approximate surface area is 172 Å². The Hall–Kier alpha value is -2.26. The van der Waals surface area contributed by atoms with Gasteiger partial charge >= 0.3 is 0 Å². The minimum absolute atomic E-state index is 0.132. The van der Waals surface area contributed by atoms with E-state index in [2.05, 4.69) is 63.3 Å². The van der Waals surface area contributed by atoms with Crippen molar-refractivity contribution in [1.82, 2.24) is 0 Å². The predicted octanol–water partition coefficient (Wildman–Crippen LogP) is 7.04. The summed E-state index contributed by atoms with van der Waals surface area (Å²) in [6.45, 7) is 7.36. The van der Waals surface area contributed by atoms with Crippen LogP contribution in [0.25, 0.3) is 0 Å². The van der Waals surface area contributed by atoms with Gasteiger partial charge in [0.2, 0.25) is 0 Å². The zero-order chi connectivity index (χ0) is 19.6. The van der Waals surface area contributed by atoms with Crippen molar-refractivity contribution in [2.45, 2.75) is 57.0 Å². The Morgan fingerprint density at radius 1 is 1.14 bits per heavy atom. The first-order valence-electron chi connectivity index (χ1n) is 10.0. The van der Waals surface area contributed by atoms with E-state index in [0.717, 1.165) is 24.3 Å². The molecule has 0 amide bonds. The zero-order valence-electron chi connectivity index (χ0n) is 16.9. The van der Waals surface area contributed by atoms with Gasteiger partial charge in [0.05, 0.1) is 5.71 Å². The molecule has 0 bridgehead atoms. The summed E-state index contributed by atoms with van der Waals surface area (Å²) in [5.41, 5.74) is 6.64. The third-order valence-corrected chi connectivity index (χ3v) is 6.22. The molecule has 2 aliphatic rings. The summed E-state index contributed by atoms with van der Waals surface area (Å²) in [7, 11) is 0. The van der Waals surface area contributed by atoms with Crippen molar-refractivity contribution in [2.24, 2.45) is 4.40 Å². The molecule has 4 rings (SSSR count). The highest BCUT2D eigenvalue weighted by Crippen LogP contribution is 2.55. The van der Waals surface area contributed by atoms with Crippen LogP contribution < -0.4 is 4.74 Å². The number of nitrogens with zero attached hydrogens (tertiary/aromatic N) is 1. The van der Waals surface area contributed by atoms with Crippen LogP contribution in [0.5, 0.6) is 5.75 Å². The SMILES string of the molecule is CCCC1=CC(=NSc2cc(OCc3ccccc3)cc3c2C3(C)C)CC=C1. The Bertz CT molecular complexity index is 954. The van der Waals surface area contributed by atoms with Crippen LogP contribution in [0, 0.1) is 0 Å². The number of benzene rings is 2. The maximum absolute atomic E-state index is 6.10. The third-order valence-electron chi connectivity index (χ3n) is 5.37. The van der Waals surface area contributed by atoms with Gasteiger partial charge in [-0.05, 0) is 46.9 Å². The normalized spacial score (nSPS) is 18.0. The summed E-state index contributed by atoms with van der Waals surface area (Å²) in [4.78, 5) is 1.22. The summed E-state index contributed by atoms with van der Waals surface area (Å²) in [5.74, 6) is 0.932. The smallest absolute Gasteiger partial charge is 0.121 e. The lowest BCUT2D eigenvalue weighted by Crippen LogP contribution is -1.98. The number of hydrogen-bond donors (Lipinski definition) is 0. The molecule has 0 spiro atoms. The molecule has 0 atom stereocenters. The van der Waals surface area contributed by atoms with Crippen LogP contribution >= 0.6 is 11.9 Å². The Balaban J connectivity index is 1.51. The molecule has 0 heterocycles. The molecule has 0 saturated carbocycles. The molecule has 0 unspecified atom stereocenters. The molecule has 0 saturated heterocycles. The van der Waals surface area contributed by atoms with Crippen molar-refractivity contribution in [3.8, 4) is 5.75 Å². The quantitative estimate of drug-likeness (QED) is 0.474. The van der Waals surface area contributed by atoms with Crippen molar-refractivity contribution in [2.75, 3.05) is 0 Å². The van der Waals surface area contributed by atoms with Crippen LogP contribution in [0.3, 0.4) is 0 Å². The van der Waals surface area contributed by atoms with Crippen molar-refractivity contribution in [3.05, 3.63) is 83.0 Å². The highest BCUT2D eigenvalue weighted by Gasteiger charge is 2.44. The summed E-state index contributed by atoms with van der Waals surface area (Å²) in [5, 5.41) is 0. The first-order valence-corrected chi connectivity index (χ1v) is 10.8. The second kappa shape index (κ2) is 8.00. The summed E-state index contributed by atoms with van der Waals surface area (Å²) in [6.07, 6.45) is 9.89. The predicted molar refractivity (Wildman–Crippen MR) is 119 cm³/mol. The van der Waals surface area contributed by atoms with Gasteiger partial charge in [-0.1, -0.05) is 69.7 Å². The lowest BCUT2D eigenvalue weighted by Gasteiger charge is -2.09. The number of hydrogen-bond acceptors (Lipinski definition) is 3. The summed E-state index contributed by atoms with van der Waals surface area (Å²) < 4.78 is 11.0. The molecule has 2 aromatic carbocycles. The Morgan fingerprint density at radius 3 is 2.75 bits per heavy atom. The average Bonchev–Trinajstić information content (AvgIpc) is 3.27. The fraction of sp³-hybridized carbons (Fsp3) is 0.320. The van der Waals surface area contributed by atoms with Crippen LogP contribution in [-0.2, 0) is 12.0 Å². The molecule has 0 aliphatic heterocycles. The third kappa shape index (κ3) is 4.10. The second-order valence-corrected chi connectivity index (χ2v) is 8.80. The maximum atomic E-state index is 6.10. The van der Waals surface area contributed by atoms with Crippen LogP contribution in [0.4, 0.5) is 0 Å².